The van der Waals surface area contributed by atoms with Gasteiger partial charge in [0.15, 0.2) is 0 Å². The van der Waals surface area contributed by atoms with Gasteiger partial charge in [0.25, 0.3) is 0 Å². The molecule has 0 aliphatic carbocycles. The maximum atomic E-state index is 12.6. The van der Waals surface area contributed by atoms with E-state index in [-0.39, 0.29) is 11.9 Å². The molecule has 0 aliphatic rings. The lowest BCUT2D eigenvalue weighted by Crippen LogP contribution is -2.38. The Bertz CT molecular complexity index is 734. The summed E-state index contributed by atoms with van der Waals surface area (Å²) >= 11 is 1.59. The topological polar surface area (TPSA) is 42.4 Å². The normalized spacial score (nSPS) is 12.3. The van der Waals surface area contributed by atoms with E-state index in [1.54, 1.807) is 11.3 Å². The van der Waals surface area contributed by atoms with Crippen LogP contribution in [-0.2, 0) is 17.9 Å². The summed E-state index contributed by atoms with van der Waals surface area (Å²) in [5.74, 6) is 1.44. The van der Waals surface area contributed by atoms with E-state index in [4.69, 9.17) is 4.74 Å². The summed E-state index contributed by atoms with van der Waals surface area (Å²) in [6.45, 7) is 13.5. The number of hydrogen-bond donors (Lipinski definition) is 0. The summed E-state index contributed by atoms with van der Waals surface area (Å²) in [6, 6.07) is 6.42. The van der Waals surface area contributed by atoms with Crippen molar-refractivity contribution in [2.75, 3.05) is 0 Å². The minimum atomic E-state index is 0.209. The Morgan fingerprint density at radius 3 is 2.44 bits per heavy atom. The van der Waals surface area contributed by atoms with E-state index < -0.39 is 0 Å². The molecule has 1 atom stereocenters. The molecule has 2 rings (SSSR count). The van der Waals surface area contributed by atoms with E-state index in [0.717, 1.165) is 22.9 Å². The van der Waals surface area contributed by atoms with Gasteiger partial charge in [-0.05, 0) is 56.4 Å². The molecule has 0 saturated heterocycles. The highest BCUT2D eigenvalue weighted by Crippen LogP contribution is 2.20. The van der Waals surface area contributed by atoms with Crippen LogP contribution in [0.4, 0.5) is 0 Å². The number of thiazole rings is 1. The molecular formula is C22H32N2O2S. The fourth-order valence-electron chi connectivity index (χ4n) is 3.00. The third kappa shape index (κ3) is 6.65. The first-order chi connectivity index (χ1) is 12.8. The molecule has 1 aromatic carbocycles. The summed E-state index contributed by atoms with van der Waals surface area (Å²) in [5.41, 5.74) is 3.33. The van der Waals surface area contributed by atoms with Gasteiger partial charge in [0, 0.05) is 17.8 Å². The molecule has 0 N–H and O–H groups in total. The molecule has 1 amide bonds. The van der Waals surface area contributed by atoms with Gasteiger partial charge in [-0.25, -0.2) is 4.98 Å². The van der Waals surface area contributed by atoms with Gasteiger partial charge in [0.1, 0.15) is 17.4 Å². The lowest BCUT2D eigenvalue weighted by atomic mass is 10.1. The van der Waals surface area contributed by atoms with Crippen LogP contribution in [0.3, 0.4) is 0 Å². The predicted molar refractivity (Wildman–Crippen MR) is 112 cm³/mol. The van der Waals surface area contributed by atoms with E-state index in [1.807, 2.05) is 22.4 Å². The van der Waals surface area contributed by atoms with Crippen LogP contribution in [0, 0.1) is 19.8 Å². The molecule has 0 radical (unpaired) electrons. The molecular weight excluding hydrogens is 356 g/mol. The first-order valence-corrected chi connectivity index (χ1v) is 10.6. The van der Waals surface area contributed by atoms with Crippen molar-refractivity contribution < 1.29 is 9.53 Å². The van der Waals surface area contributed by atoms with E-state index in [0.29, 0.717) is 25.5 Å². The number of nitrogens with zero attached hydrogens (tertiary/aromatic N) is 2. The van der Waals surface area contributed by atoms with Crippen LogP contribution in [0.25, 0.3) is 0 Å². The average molecular weight is 389 g/mol. The first-order valence-electron chi connectivity index (χ1n) is 9.72. The lowest BCUT2D eigenvalue weighted by molar-refractivity contribution is -0.134. The smallest absolute Gasteiger partial charge is 0.223 e. The van der Waals surface area contributed by atoms with Crippen molar-refractivity contribution in [3.63, 3.8) is 0 Å². The van der Waals surface area contributed by atoms with Gasteiger partial charge < -0.3 is 9.64 Å². The van der Waals surface area contributed by atoms with Crippen molar-refractivity contribution in [3.8, 4) is 5.75 Å². The molecule has 0 aliphatic heterocycles. The second-order valence-corrected chi connectivity index (χ2v) is 8.66. The van der Waals surface area contributed by atoms with Crippen molar-refractivity contribution in [3.05, 3.63) is 45.4 Å². The van der Waals surface area contributed by atoms with Crippen LogP contribution in [0.5, 0.6) is 5.75 Å². The largest absolute Gasteiger partial charge is 0.486 e. The third-order valence-electron chi connectivity index (χ3n) is 4.52. The molecule has 0 saturated carbocycles. The zero-order chi connectivity index (χ0) is 20.0. The fraction of sp³-hybridized carbons (Fsp3) is 0.545. The highest BCUT2D eigenvalue weighted by atomic mass is 32.1. The molecule has 27 heavy (non-hydrogen) atoms. The number of aryl methyl sites for hydroxylation is 2. The Morgan fingerprint density at radius 1 is 1.19 bits per heavy atom. The van der Waals surface area contributed by atoms with Crippen LogP contribution in [0.15, 0.2) is 23.6 Å². The highest BCUT2D eigenvalue weighted by molar-refractivity contribution is 7.09. The Balaban J connectivity index is 2.01. The zero-order valence-corrected chi connectivity index (χ0v) is 18.2. The summed E-state index contributed by atoms with van der Waals surface area (Å²) < 4.78 is 5.91. The molecule has 1 heterocycles. The molecule has 5 heteroatoms. The van der Waals surface area contributed by atoms with Gasteiger partial charge >= 0.3 is 0 Å². The molecule has 0 fully saturated rings. The number of carbonyl (C=O) groups excluding carboxylic acids is 1. The van der Waals surface area contributed by atoms with Crippen molar-refractivity contribution in [2.24, 2.45) is 5.92 Å². The van der Waals surface area contributed by atoms with Crippen molar-refractivity contribution in [2.45, 2.75) is 73.6 Å². The number of amides is 1. The van der Waals surface area contributed by atoms with Crippen LogP contribution < -0.4 is 4.74 Å². The zero-order valence-electron chi connectivity index (χ0n) is 17.4. The Morgan fingerprint density at radius 2 is 1.85 bits per heavy atom. The van der Waals surface area contributed by atoms with Gasteiger partial charge in [-0.1, -0.05) is 26.8 Å². The Labute approximate surface area is 167 Å². The number of hydrogen-bond acceptors (Lipinski definition) is 4. The van der Waals surface area contributed by atoms with Gasteiger partial charge in [-0.2, -0.15) is 0 Å². The SMILES string of the molecule is CCC(C)N(Cc1csc(COc2cc(C)cc(C)c2)n1)C(=O)CC(C)C. The maximum Gasteiger partial charge on any atom is 0.223 e. The lowest BCUT2D eigenvalue weighted by Gasteiger charge is -2.28. The van der Waals surface area contributed by atoms with Crippen LogP contribution in [-0.4, -0.2) is 21.8 Å². The minimum Gasteiger partial charge on any atom is -0.486 e. The molecule has 1 unspecified atom stereocenters. The van der Waals surface area contributed by atoms with Crippen LogP contribution in [0.2, 0.25) is 0 Å². The van der Waals surface area contributed by atoms with E-state index in [1.165, 1.54) is 11.1 Å². The van der Waals surface area contributed by atoms with Crippen LogP contribution in [0.1, 0.15) is 62.4 Å². The number of benzene rings is 1. The van der Waals surface area contributed by atoms with Gasteiger partial charge in [-0.3, -0.25) is 4.79 Å². The summed E-state index contributed by atoms with van der Waals surface area (Å²) in [7, 11) is 0. The fourth-order valence-corrected chi connectivity index (χ4v) is 3.70. The van der Waals surface area contributed by atoms with E-state index in [2.05, 4.69) is 52.6 Å². The molecule has 148 valence electrons. The highest BCUT2D eigenvalue weighted by Gasteiger charge is 2.21. The van der Waals surface area contributed by atoms with Crippen molar-refractivity contribution in [1.29, 1.82) is 0 Å². The second kappa shape index (κ2) is 9.88. The average Bonchev–Trinajstić information content (AvgIpc) is 3.03. The quantitative estimate of drug-likeness (QED) is 0.568. The van der Waals surface area contributed by atoms with Gasteiger partial charge in [0.2, 0.25) is 5.91 Å². The number of ether oxygens (including phenoxy) is 1. The number of carbonyl (C=O) groups is 1. The number of aromatic nitrogens is 1. The minimum absolute atomic E-state index is 0.209. The van der Waals surface area contributed by atoms with Gasteiger partial charge in [0.05, 0.1) is 12.2 Å². The maximum absolute atomic E-state index is 12.6. The Hall–Kier alpha value is -1.88. The Kier molecular flexibility index (Phi) is 7.84. The molecule has 2 aromatic rings. The molecule has 0 spiro atoms. The van der Waals surface area contributed by atoms with Crippen LogP contribution >= 0.6 is 11.3 Å². The van der Waals surface area contributed by atoms with Crippen molar-refractivity contribution in [1.82, 2.24) is 9.88 Å². The molecule has 1 aromatic heterocycles. The van der Waals surface area contributed by atoms with E-state index in [9.17, 15) is 4.79 Å². The summed E-state index contributed by atoms with van der Waals surface area (Å²) in [5, 5.41) is 2.97. The molecule has 0 bridgehead atoms. The molecule has 4 nitrogen and oxygen atoms in total. The predicted octanol–water partition coefficient (Wildman–Crippen LogP) is 5.51. The monoisotopic (exact) mass is 388 g/mol. The first kappa shape index (κ1) is 21.4. The second-order valence-electron chi connectivity index (χ2n) is 7.72. The van der Waals surface area contributed by atoms with E-state index >= 15 is 0 Å². The summed E-state index contributed by atoms with van der Waals surface area (Å²) in [4.78, 5) is 19.3. The number of rotatable bonds is 9. The van der Waals surface area contributed by atoms with Crippen molar-refractivity contribution >= 4 is 17.2 Å². The standard InChI is InChI=1S/C22H32N2O2S/c1-7-18(6)24(22(25)8-15(2)3)12-19-14-27-21(23-19)13-26-20-10-16(4)9-17(5)11-20/h9-11,14-15,18H,7-8,12-13H2,1-6H3. The summed E-state index contributed by atoms with van der Waals surface area (Å²) in [6.07, 6.45) is 1.52. The van der Waals surface area contributed by atoms with Gasteiger partial charge in [-0.15, -0.1) is 11.3 Å². The third-order valence-corrected chi connectivity index (χ3v) is 5.39.